The summed E-state index contributed by atoms with van der Waals surface area (Å²) < 4.78 is 0. The lowest BCUT2D eigenvalue weighted by molar-refractivity contribution is -0.156. The number of carbonyl (C=O) groups is 2. The summed E-state index contributed by atoms with van der Waals surface area (Å²) >= 11 is 0. The van der Waals surface area contributed by atoms with Crippen LogP contribution in [0, 0.1) is 5.92 Å². The first-order chi connectivity index (χ1) is 8.50. The number of nitrogens with one attached hydrogen (secondary N) is 1. The molecule has 0 radical (unpaired) electrons. The van der Waals surface area contributed by atoms with E-state index in [2.05, 4.69) is 5.32 Å². The van der Waals surface area contributed by atoms with Crippen molar-refractivity contribution < 1.29 is 9.59 Å². The Morgan fingerprint density at radius 3 is 2.44 bits per heavy atom. The maximum absolute atomic E-state index is 12.5. The molecule has 1 aliphatic carbocycles. The van der Waals surface area contributed by atoms with Gasteiger partial charge in [-0.3, -0.25) is 9.59 Å². The van der Waals surface area contributed by atoms with Crippen molar-refractivity contribution in [2.45, 2.75) is 64.0 Å². The minimum absolute atomic E-state index is 0.00248. The maximum atomic E-state index is 12.5. The predicted molar refractivity (Wildman–Crippen MR) is 70.0 cm³/mol. The highest BCUT2D eigenvalue weighted by atomic mass is 16.2. The van der Waals surface area contributed by atoms with Gasteiger partial charge in [0, 0.05) is 7.05 Å². The third kappa shape index (κ3) is 2.02. The summed E-state index contributed by atoms with van der Waals surface area (Å²) in [5.41, 5.74) is -0.678. The molecule has 1 saturated heterocycles. The first-order valence-corrected chi connectivity index (χ1v) is 7.09. The quantitative estimate of drug-likeness (QED) is 0.813. The highest BCUT2D eigenvalue weighted by Gasteiger charge is 2.48. The largest absolute Gasteiger partial charge is 0.342 e. The van der Waals surface area contributed by atoms with Crippen LogP contribution < -0.4 is 5.32 Å². The van der Waals surface area contributed by atoms with Gasteiger partial charge in [0.15, 0.2) is 0 Å². The first-order valence-electron chi connectivity index (χ1n) is 7.09. The molecule has 1 heterocycles. The van der Waals surface area contributed by atoms with Gasteiger partial charge in [0.05, 0.1) is 0 Å². The Kier molecular flexibility index (Phi) is 3.64. The Hall–Kier alpha value is -1.06. The minimum Gasteiger partial charge on any atom is -0.342 e. The molecule has 0 bridgehead atoms. The zero-order valence-electron chi connectivity index (χ0n) is 11.7. The Morgan fingerprint density at radius 2 is 1.89 bits per heavy atom. The second-order valence-corrected chi connectivity index (χ2v) is 5.87. The molecule has 2 amide bonds. The van der Waals surface area contributed by atoms with Crippen LogP contribution in [-0.4, -0.2) is 35.3 Å². The summed E-state index contributed by atoms with van der Waals surface area (Å²) in [4.78, 5) is 26.4. The predicted octanol–water partition coefficient (Wildman–Crippen LogP) is 1.69. The van der Waals surface area contributed by atoms with Gasteiger partial charge in [0.25, 0.3) is 0 Å². The van der Waals surface area contributed by atoms with Gasteiger partial charge < -0.3 is 10.2 Å². The van der Waals surface area contributed by atoms with Crippen LogP contribution in [0.3, 0.4) is 0 Å². The van der Waals surface area contributed by atoms with Crippen molar-refractivity contribution in [2.24, 2.45) is 5.92 Å². The summed E-state index contributed by atoms with van der Waals surface area (Å²) in [6.07, 6.45) is 6.39. The number of piperazine rings is 1. The fraction of sp³-hybridized carbons (Fsp3) is 0.857. The molecular weight excluding hydrogens is 228 g/mol. The highest BCUT2D eigenvalue weighted by molar-refractivity contribution is 5.99. The molecule has 1 saturated carbocycles. The lowest BCUT2D eigenvalue weighted by Gasteiger charge is -2.46. The zero-order valence-corrected chi connectivity index (χ0v) is 11.7. The first kappa shape index (κ1) is 13.4. The van der Waals surface area contributed by atoms with E-state index in [-0.39, 0.29) is 17.9 Å². The van der Waals surface area contributed by atoms with Gasteiger partial charge in [-0.15, -0.1) is 0 Å². The number of carbonyl (C=O) groups excluding carboxylic acids is 2. The number of nitrogens with zero attached hydrogens (tertiary/aromatic N) is 1. The summed E-state index contributed by atoms with van der Waals surface area (Å²) in [5.74, 6) is 0.424. The van der Waals surface area contributed by atoms with Gasteiger partial charge in [-0.1, -0.05) is 26.2 Å². The van der Waals surface area contributed by atoms with E-state index in [0.717, 1.165) is 12.8 Å². The third-order valence-electron chi connectivity index (χ3n) is 4.92. The van der Waals surface area contributed by atoms with Gasteiger partial charge in [-0.2, -0.15) is 0 Å². The van der Waals surface area contributed by atoms with Crippen LogP contribution in [0.15, 0.2) is 0 Å². The average Bonchev–Trinajstić information content (AvgIpc) is 2.41. The number of likely N-dealkylation sites (N-methyl/N-ethyl adjacent to an activating group) is 1. The monoisotopic (exact) mass is 252 g/mol. The Bertz CT molecular complexity index is 350. The van der Waals surface area contributed by atoms with Crippen molar-refractivity contribution in [3.8, 4) is 0 Å². The molecule has 1 aliphatic heterocycles. The van der Waals surface area contributed by atoms with E-state index in [1.54, 1.807) is 11.9 Å². The van der Waals surface area contributed by atoms with E-state index in [1.165, 1.54) is 19.3 Å². The van der Waals surface area contributed by atoms with Gasteiger partial charge in [-0.25, -0.2) is 0 Å². The van der Waals surface area contributed by atoms with Crippen LogP contribution in [-0.2, 0) is 9.59 Å². The molecule has 2 aliphatic rings. The molecule has 0 aromatic rings. The molecule has 2 fully saturated rings. The maximum Gasteiger partial charge on any atom is 0.246 e. The molecule has 0 aromatic heterocycles. The molecule has 2 atom stereocenters. The standard InChI is InChI=1S/C14H24N2O2/c1-4-14(2)13(18)15-11(12(17)16(14)3)10-8-6-5-7-9-10/h10-11H,4-9H2,1-3H3,(H,15,18). The van der Waals surface area contributed by atoms with Crippen molar-refractivity contribution >= 4 is 11.8 Å². The van der Waals surface area contributed by atoms with Gasteiger partial charge >= 0.3 is 0 Å². The van der Waals surface area contributed by atoms with E-state index < -0.39 is 5.54 Å². The Labute approximate surface area is 109 Å². The molecule has 2 rings (SSSR count). The van der Waals surface area contributed by atoms with Gasteiger partial charge in [0.1, 0.15) is 11.6 Å². The van der Waals surface area contributed by atoms with Gasteiger partial charge in [-0.05, 0) is 32.1 Å². The summed E-state index contributed by atoms with van der Waals surface area (Å²) in [5, 5.41) is 2.98. The molecule has 4 heteroatoms. The van der Waals surface area contributed by atoms with E-state index in [4.69, 9.17) is 0 Å². The van der Waals surface area contributed by atoms with Crippen molar-refractivity contribution in [3.63, 3.8) is 0 Å². The fourth-order valence-corrected chi connectivity index (χ4v) is 3.15. The topological polar surface area (TPSA) is 49.4 Å². The Balaban J connectivity index is 2.16. The molecule has 0 spiro atoms. The smallest absolute Gasteiger partial charge is 0.246 e. The zero-order chi connectivity index (χ0) is 13.3. The minimum atomic E-state index is -0.678. The lowest BCUT2D eigenvalue weighted by atomic mass is 9.80. The highest BCUT2D eigenvalue weighted by Crippen LogP contribution is 2.31. The van der Waals surface area contributed by atoms with Gasteiger partial charge in [0.2, 0.25) is 11.8 Å². The molecule has 2 unspecified atom stereocenters. The molecule has 0 aromatic carbocycles. The number of amides is 2. The molecule has 18 heavy (non-hydrogen) atoms. The van der Waals surface area contributed by atoms with E-state index in [9.17, 15) is 9.59 Å². The molecule has 102 valence electrons. The fourth-order valence-electron chi connectivity index (χ4n) is 3.15. The molecule has 4 nitrogen and oxygen atoms in total. The number of rotatable bonds is 2. The average molecular weight is 252 g/mol. The van der Waals surface area contributed by atoms with E-state index >= 15 is 0 Å². The summed E-state index contributed by atoms with van der Waals surface area (Å²) in [7, 11) is 1.76. The molecular formula is C14H24N2O2. The van der Waals surface area contributed by atoms with Crippen molar-refractivity contribution in [1.29, 1.82) is 0 Å². The summed E-state index contributed by atoms with van der Waals surface area (Å²) in [6, 6.07) is -0.289. The lowest BCUT2D eigenvalue weighted by Crippen LogP contribution is -2.69. The number of hydrogen-bond donors (Lipinski definition) is 1. The second kappa shape index (κ2) is 4.90. The second-order valence-electron chi connectivity index (χ2n) is 5.87. The van der Waals surface area contributed by atoms with Crippen molar-refractivity contribution in [1.82, 2.24) is 10.2 Å². The third-order valence-corrected chi connectivity index (χ3v) is 4.92. The van der Waals surface area contributed by atoms with Crippen LogP contribution >= 0.6 is 0 Å². The van der Waals surface area contributed by atoms with Crippen LogP contribution in [0.5, 0.6) is 0 Å². The SMILES string of the molecule is CCC1(C)C(=O)NC(C2CCCCC2)C(=O)N1C. The van der Waals surface area contributed by atoms with Crippen molar-refractivity contribution in [2.75, 3.05) is 7.05 Å². The number of hydrogen-bond acceptors (Lipinski definition) is 2. The van der Waals surface area contributed by atoms with E-state index in [0.29, 0.717) is 12.3 Å². The summed E-state index contributed by atoms with van der Waals surface area (Å²) in [6.45, 7) is 3.79. The van der Waals surface area contributed by atoms with E-state index in [1.807, 2.05) is 13.8 Å². The van der Waals surface area contributed by atoms with Crippen LogP contribution in [0.25, 0.3) is 0 Å². The Morgan fingerprint density at radius 1 is 1.28 bits per heavy atom. The van der Waals surface area contributed by atoms with Crippen LogP contribution in [0.4, 0.5) is 0 Å². The molecule has 1 N–H and O–H groups in total. The van der Waals surface area contributed by atoms with Crippen LogP contribution in [0.2, 0.25) is 0 Å². The van der Waals surface area contributed by atoms with Crippen LogP contribution in [0.1, 0.15) is 52.4 Å². The normalized spacial score (nSPS) is 34.6. The van der Waals surface area contributed by atoms with Crippen molar-refractivity contribution in [3.05, 3.63) is 0 Å².